The zero-order chi connectivity index (χ0) is 14.5. The maximum atomic E-state index is 12.3. The van der Waals surface area contributed by atoms with E-state index < -0.39 is 23.9 Å². The number of hydrogen-bond acceptors (Lipinski definition) is 5. The van der Waals surface area contributed by atoms with Gasteiger partial charge in [0.1, 0.15) is 6.26 Å². The van der Waals surface area contributed by atoms with Gasteiger partial charge in [0.25, 0.3) is 0 Å². The van der Waals surface area contributed by atoms with Gasteiger partial charge >= 0.3 is 0 Å². The van der Waals surface area contributed by atoms with Crippen LogP contribution in [0.2, 0.25) is 0 Å². The maximum Gasteiger partial charge on any atom is 0.220 e. The van der Waals surface area contributed by atoms with E-state index in [4.69, 9.17) is 4.74 Å². The minimum Gasteiger partial charge on any atom is -0.499 e. The van der Waals surface area contributed by atoms with Gasteiger partial charge in [-0.1, -0.05) is 25.1 Å². The Bertz CT molecular complexity index is 643. The van der Waals surface area contributed by atoms with E-state index in [-0.39, 0.29) is 17.3 Å². The van der Waals surface area contributed by atoms with Crippen molar-refractivity contribution < 1.29 is 21.6 Å². The van der Waals surface area contributed by atoms with Crippen molar-refractivity contribution in [2.75, 3.05) is 12.4 Å². The number of hydrogen-bond donors (Lipinski definition) is 0. The Morgan fingerprint density at radius 1 is 1.11 bits per heavy atom. The number of rotatable bonds is 6. The van der Waals surface area contributed by atoms with E-state index in [0.29, 0.717) is 0 Å². The first-order chi connectivity index (χ1) is 8.86. The lowest BCUT2D eigenvalue weighted by molar-refractivity contribution is 0.269. The van der Waals surface area contributed by atoms with Crippen molar-refractivity contribution in [1.82, 2.24) is 0 Å². The SMILES string of the molecule is CCOC=C(S(=O)(=O)CC)S(=O)(=O)c1ccccc1. The quantitative estimate of drug-likeness (QED) is 0.748. The predicted octanol–water partition coefficient (Wildman–Crippen LogP) is 1.73. The van der Waals surface area contributed by atoms with Crippen molar-refractivity contribution in [3.63, 3.8) is 0 Å². The summed E-state index contributed by atoms with van der Waals surface area (Å²) in [6.45, 7) is 3.21. The molecule has 0 radical (unpaired) electrons. The number of benzene rings is 1. The lowest BCUT2D eigenvalue weighted by atomic mass is 10.4. The minimum atomic E-state index is -4.09. The Kier molecular flexibility index (Phi) is 5.13. The molecule has 0 aliphatic carbocycles. The van der Waals surface area contributed by atoms with E-state index in [1.807, 2.05) is 0 Å². The van der Waals surface area contributed by atoms with Crippen LogP contribution in [0.25, 0.3) is 0 Å². The van der Waals surface area contributed by atoms with Crippen molar-refractivity contribution >= 4 is 19.7 Å². The van der Waals surface area contributed by atoms with E-state index >= 15 is 0 Å². The first-order valence-electron chi connectivity index (χ1n) is 5.71. The summed E-state index contributed by atoms with van der Waals surface area (Å²) in [5.74, 6) is -0.308. The Hall–Kier alpha value is -1.34. The van der Waals surface area contributed by atoms with Gasteiger partial charge in [0, 0.05) is 0 Å². The lowest BCUT2D eigenvalue weighted by Gasteiger charge is -2.09. The first kappa shape index (κ1) is 15.7. The summed E-state index contributed by atoms with van der Waals surface area (Å²) in [5.41, 5.74) is 0. The zero-order valence-electron chi connectivity index (χ0n) is 10.7. The predicted molar refractivity (Wildman–Crippen MR) is 72.8 cm³/mol. The monoisotopic (exact) mass is 304 g/mol. The van der Waals surface area contributed by atoms with Crippen molar-refractivity contribution in [2.45, 2.75) is 18.7 Å². The zero-order valence-corrected chi connectivity index (χ0v) is 12.4. The van der Waals surface area contributed by atoms with Crippen LogP contribution in [0, 0.1) is 0 Å². The third kappa shape index (κ3) is 3.57. The van der Waals surface area contributed by atoms with E-state index in [1.165, 1.54) is 31.2 Å². The molecule has 5 nitrogen and oxygen atoms in total. The second kappa shape index (κ2) is 6.21. The molecule has 1 aromatic rings. The molecule has 1 aromatic carbocycles. The van der Waals surface area contributed by atoms with Crippen LogP contribution in [0.5, 0.6) is 0 Å². The molecule has 0 saturated carbocycles. The molecule has 1 rings (SSSR count). The molecule has 0 atom stereocenters. The number of sulfone groups is 2. The van der Waals surface area contributed by atoms with E-state index in [2.05, 4.69) is 0 Å². The van der Waals surface area contributed by atoms with Crippen molar-refractivity contribution in [3.05, 3.63) is 40.8 Å². The summed E-state index contributed by atoms with van der Waals surface area (Å²) in [6, 6.07) is 7.41. The topological polar surface area (TPSA) is 77.5 Å². The summed E-state index contributed by atoms with van der Waals surface area (Å²) < 4.78 is 52.6. The largest absolute Gasteiger partial charge is 0.499 e. The number of ether oxygens (including phenoxy) is 1. The molecule has 0 aliphatic heterocycles. The highest BCUT2D eigenvalue weighted by atomic mass is 32.3. The van der Waals surface area contributed by atoms with Crippen LogP contribution in [0.1, 0.15) is 13.8 Å². The Morgan fingerprint density at radius 2 is 1.68 bits per heavy atom. The summed E-state index contributed by atoms with van der Waals surface area (Å²) in [4.78, 5) is -0.0713. The van der Waals surface area contributed by atoms with Crippen molar-refractivity contribution in [2.24, 2.45) is 0 Å². The molecule has 0 fully saturated rings. The molecule has 0 spiro atoms. The van der Waals surface area contributed by atoms with Gasteiger partial charge in [-0.3, -0.25) is 0 Å². The molecule has 0 amide bonds. The van der Waals surface area contributed by atoms with Gasteiger partial charge in [0.05, 0.1) is 17.3 Å². The second-order valence-electron chi connectivity index (χ2n) is 3.61. The summed E-state index contributed by atoms with van der Waals surface area (Å²) >= 11 is 0. The molecular weight excluding hydrogens is 288 g/mol. The average molecular weight is 304 g/mol. The molecule has 0 saturated heterocycles. The summed E-state index contributed by atoms with van der Waals surface area (Å²) in [6.07, 6.45) is 0.807. The van der Waals surface area contributed by atoms with Crippen LogP contribution < -0.4 is 0 Å². The molecule has 0 aromatic heterocycles. The van der Waals surface area contributed by atoms with Crippen LogP contribution in [0.3, 0.4) is 0 Å². The first-order valence-corrected chi connectivity index (χ1v) is 8.84. The highest BCUT2D eigenvalue weighted by molar-refractivity contribution is 8.14. The fourth-order valence-corrected chi connectivity index (χ4v) is 4.73. The molecule has 106 valence electrons. The van der Waals surface area contributed by atoms with E-state index in [9.17, 15) is 16.8 Å². The van der Waals surface area contributed by atoms with Gasteiger partial charge in [-0.2, -0.15) is 0 Å². The Morgan fingerprint density at radius 3 is 2.16 bits per heavy atom. The third-order valence-electron chi connectivity index (χ3n) is 2.35. The molecule has 7 heteroatoms. The van der Waals surface area contributed by atoms with Crippen molar-refractivity contribution in [1.29, 1.82) is 0 Å². The normalized spacial score (nSPS) is 13.3. The Balaban J connectivity index is 3.43. The van der Waals surface area contributed by atoms with Gasteiger partial charge in [0.15, 0.2) is 14.1 Å². The van der Waals surface area contributed by atoms with E-state index in [0.717, 1.165) is 6.26 Å². The van der Waals surface area contributed by atoms with Gasteiger partial charge in [-0.15, -0.1) is 0 Å². The molecular formula is C12H16O5S2. The smallest absolute Gasteiger partial charge is 0.220 e. The standard InChI is InChI=1S/C12H16O5S2/c1-3-17-10-12(18(13,14)4-2)19(15,16)11-8-6-5-7-9-11/h5-10H,3-4H2,1-2H3. The molecule has 0 unspecified atom stereocenters. The molecule has 0 N–H and O–H groups in total. The second-order valence-corrected chi connectivity index (χ2v) is 8.04. The fourth-order valence-electron chi connectivity index (χ4n) is 1.31. The minimum absolute atomic E-state index is 0.0713. The van der Waals surface area contributed by atoms with Gasteiger partial charge in [0.2, 0.25) is 9.84 Å². The lowest BCUT2D eigenvalue weighted by Crippen LogP contribution is -2.17. The molecule has 19 heavy (non-hydrogen) atoms. The van der Waals surface area contributed by atoms with Crippen LogP contribution in [0.4, 0.5) is 0 Å². The van der Waals surface area contributed by atoms with Gasteiger partial charge in [-0.25, -0.2) is 16.8 Å². The van der Waals surface area contributed by atoms with Gasteiger partial charge < -0.3 is 4.74 Å². The highest BCUT2D eigenvalue weighted by Crippen LogP contribution is 2.24. The van der Waals surface area contributed by atoms with Gasteiger partial charge in [-0.05, 0) is 19.1 Å². The molecule has 0 aliphatic rings. The fraction of sp³-hybridized carbons (Fsp3) is 0.333. The molecule has 0 heterocycles. The summed E-state index contributed by atoms with van der Waals surface area (Å²) in [7, 11) is -7.99. The highest BCUT2D eigenvalue weighted by Gasteiger charge is 2.31. The van der Waals surface area contributed by atoms with Crippen LogP contribution in [-0.2, 0) is 24.4 Å². The van der Waals surface area contributed by atoms with Crippen LogP contribution in [-0.4, -0.2) is 29.2 Å². The maximum absolute atomic E-state index is 12.3. The molecule has 0 bridgehead atoms. The van der Waals surface area contributed by atoms with E-state index in [1.54, 1.807) is 13.0 Å². The average Bonchev–Trinajstić information content (AvgIpc) is 2.39. The van der Waals surface area contributed by atoms with Crippen LogP contribution >= 0.6 is 0 Å². The third-order valence-corrected chi connectivity index (χ3v) is 6.76. The van der Waals surface area contributed by atoms with Crippen LogP contribution in [0.15, 0.2) is 45.7 Å². The summed E-state index contributed by atoms with van der Waals surface area (Å²) in [5, 5.41) is 0. The van der Waals surface area contributed by atoms with Crippen molar-refractivity contribution in [3.8, 4) is 0 Å². The Labute approximate surface area is 113 Å².